The maximum atomic E-state index is 9.10. The fourth-order valence-corrected chi connectivity index (χ4v) is 0. The van der Waals surface area contributed by atoms with Gasteiger partial charge >= 0.3 is 0 Å². The van der Waals surface area contributed by atoms with Gasteiger partial charge in [0.25, 0.3) is 0 Å². The summed E-state index contributed by atoms with van der Waals surface area (Å²) in [6.07, 6.45) is 0. The van der Waals surface area contributed by atoms with Crippen molar-refractivity contribution in [1.82, 2.24) is 0 Å². The minimum atomic E-state index is -0.611. The van der Waals surface area contributed by atoms with E-state index < -0.39 is 5.24 Å². The van der Waals surface area contributed by atoms with Gasteiger partial charge < -0.3 is 11.7 Å². The number of carbonyl (C=O) groups is 1. The second-order valence-electron chi connectivity index (χ2n) is 0.355. The van der Waals surface area contributed by atoms with E-state index in [1.807, 2.05) is 0 Å². The van der Waals surface area contributed by atoms with Gasteiger partial charge in [0.2, 0.25) is 0 Å². The summed E-state index contributed by atoms with van der Waals surface area (Å²) in [4.78, 5) is 9.10. The first-order valence-electron chi connectivity index (χ1n) is 0.747. The molecule has 0 aromatic heterocycles. The third-order valence-electron chi connectivity index (χ3n) is 0. The summed E-state index contributed by atoms with van der Waals surface area (Å²) in [5.41, 5.74) is 0. The topological polar surface area (TPSA) is 17.1 Å². The van der Waals surface area contributed by atoms with Crippen molar-refractivity contribution in [1.29, 1.82) is 0 Å². The van der Waals surface area contributed by atoms with Gasteiger partial charge in [-0.3, -0.25) is 0 Å². The maximum Gasteiger partial charge on any atom is 0.0851 e. The van der Waals surface area contributed by atoms with E-state index in [2.05, 4.69) is 18.5 Å². The third-order valence-corrected chi connectivity index (χ3v) is 0. The van der Waals surface area contributed by atoms with Crippen LogP contribution in [0.1, 0.15) is 0 Å². The number of carbonyl (C=O) groups excluding carboxylic acids is 1. The molecule has 0 atom stereocenters. The van der Waals surface area contributed by atoms with Crippen molar-refractivity contribution in [3.63, 3.8) is 0 Å². The summed E-state index contributed by atoms with van der Waals surface area (Å²) < 4.78 is 0. The first-order chi connectivity index (χ1) is 1.73. The molecule has 0 saturated heterocycles. The Morgan fingerprint density at radius 1 is 1.80 bits per heavy atom. The van der Waals surface area contributed by atoms with Crippen molar-refractivity contribution in [2.75, 3.05) is 0 Å². The molecular formula is C2H2ClOV-. The van der Waals surface area contributed by atoms with Gasteiger partial charge in [0.15, 0.2) is 0 Å². The summed E-state index contributed by atoms with van der Waals surface area (Å²) in [7, 11) is 0. The standard InChI is InChI=1S/C2H2ClO.V/c1-2(3)4;/h1H2;/q-1;. The van der Waals surface area contributed by atoms with E-state index in [0.717, 1.165) is 0 Å². The molecule has 29 valence electrons. The smallest absolute Gasteiger partial charge is 0.0851 e. The molecule has 0 amide bonds. The molecule has 0 fully saturated rings. The Kier molecular flexibility index (Phi) is 7.99. The summed E-state index contributed by atoms with van der Waals surface area (Å²) in [5, 5.41) is -0.611. The van der Waals surface area contributed by atoms with Crippen molar-refractivity contribution in [2.45, 2.75) is 0 Å². The molecule has 0 bridgehead atoms. The number of hydrogen-bond acceptors (Lipinski definition) is 1. The molecule has 0 N–H and O–H groups in total. The molecule has 0 unspecified atom stereocenters. The maximum absolute atomic E-state index is 9.10. The predicted molar refractivity (Wildman–Crippen MR) is 16.2 cm³/mol. The molecule has 0 aromatic rings. The molecule has 5 heavy (non-hydrogen) atoms. The summed E-state index contributed by atoms with van der Waals surface area (Å²) in [6, 6.07) is 0. The van der Waals surface area contributed by atoms with Crippen LogP contribution in [0.2, 0.25) is 0 Å². The van der Waals surface area contributed by atoms with Crippen LogP contribution in [0.3, 0.4) is 0 Å². The van der Waals surface area contributed by atoms with Crippen LogP contribution >= 0.6 is 11.6 Å². The minimum absolute atomic E-state index is 0. The zero-order valence-corrected chi connectivity index (χ0v) is 4.59. The van der Waals surface area contributed by atoms with E-state index in [-0.39, 0.29) is 18.6 Å². The second kappa shape index (κ2) is 4.41. The van der Waals surface area contributed by atoms with Gasteiger partial charge in [-0.05, 0) is 0 Å². The van der Waals surface area contributed by atoms with Crippen LogP contribution in [0.25, 0.3) is 0 Å². The van der Waals surface area contributed by atoms with E-state index in [9.17, 15) is 0 Å². The average molecular weight is 128 g/mol. The molecule has 0 aliphatic carbocycles. The zero-order chi connectivity index (χ0) is 3.58. The van der Waals surface area contributed by atoms with Gasteiger partial charge in [-0.1, -0.05) is 11.6 Å². The Labute approximate surface area is 47.6 Å². The quantitative estimate of drug-likeness (QED) is 0.345. The van der Waals surface area contributed by atoms with Gasteiger partial charge in [-0.25, -0.2) is 0 Å². The number of halogens is 1. The monoisotopic (exact) mass is 128 g/mol. The van der Waals surface area contributed by atoms with Gasteiger partial charge in [0.05, 0.1) is 5.24 Å². The molecule has 0 aliphatic heterocycles. The predicted octanol–water partition coefficient (Wildman–Crippen LogP) is 0.583. The van der Waals surface area contributed by atoms with E-state index >= 15 is 0 Å². The Hall–Kier alpha value is 0.414. The summed E-state index contributed by atoms with van der Waals surface area (Å²) >= 11 is 4.52. The van der Waals surface area contributed by atoms with Crippen molar-refractivity contribution >= 4 is 16.8 Å². The first-order valence-corrected chi connectivity index (χ1v) is 1.12. The van der Waals surface area contributed by atoms with Gasteiger partial charge in [-0.2, -0.15) is 0 Å². The zero-order valence-electron chi connectivity index (χ0n) is 2.44. The van der Waals surface area contributed by atoms with E-state index in [0.29, 0.717) is 0 Å². The molecule has 0 spiro atoms. The fourth-order valence-electron chi connectivity index (χ4n) is 0. The van der Waals surface area contributed by atoms with Gasteiger partial charge in [0.1, 0.15) is 0 Å². The summed E-state index contributed by atoms with van der Waals surface area (Å²) in [5.74, 6) is 0. The Bertz CT molecular complexity index is 32.6. The molecule has 0 saturated carbocycles. The van der Waals surface area contributed by atoms with Crippen LogP contribution in [0, 0.1) is 6.92 Å². The molecular weight excluding hydrogens is 126 g/mol. The minimum Gasteiger partial charge on any atom is -0.323 e. The molecule has 1 nitrogen and oxygen atoms in total. The largest absolute Gasteiger partial charge is 0.323 e. The van der Waals surface area contributed by atoms with Crippen LogP contribution in [0.15, 0.2) is 0 Å². The van der Waals surface area contributed by atoms with Crippen LogP contribution in [-0.4, -0.2) is 5.24 Å². The van der Waals surface area contributed by atoms with Crippen molar-refractivity contribution < 1.29 is 23.4 Å². The first kappa shape index (κ1) is 9.05. The second-order valence-corrected chi connectivity index (χ2v) is 0.777. The molecule has 3 heteroatoms. The summed E-state index contributed by atoms with van der Waals surface area (Å²) in [6.45, 7) is 2.77. The Balaban J connectivity index is 0. The molecule has 0 aromatic carbocycles. The molecule has 0 heterocycles. The third kappa shape index (κ3) is 150. The fraction of sp³-hybridized carbons (Fsp3) is 0. The van der Waals surface area contributed by atoms with Crippen molar-refractivity contribution in [2.24, 2.45) is 0 Å². The molecule has 1 radical (unpaired) electrons. The van der Waals surface area contributed by atoms with Crippen LogP contribution in [0.5, 0.6) is 0 Å². The molecule has 0 rings (SSSR count). The van der Waals surface area contributed by atoms with E-state index in [1.54, 1.807) is 0 Å². The van der Waals surface area contributed by atoms with Gasteiger partial charge in [-0.15, -0.1) is 0 Å². The van der Waals surface area contributed by atoms with Crippen LogP contribution in [-0.2, 0) is 23.4 Å². The number of rotatable bonds is 0. The normalized spacial score (nSPS) is 5.00. The van der Waals surface area contributed by atoms with E-state index in [1.165, 1.54) is 0 Å². The Morgan fingerprint density at radius 2 is 1.80 bits per heavy atom. The van der Waals surface area contributed by atoms with Crippen molar-refractivity contribution in [3.8, 4) is 0 Å². The Morgan fingerprint density at radius 3 is 1.80 bits per heavy atom. The van der Waals surface area contributed by atoms with E-state index in [4.69, 9.17) is 4.79 Å². The van der Waals surface area contributed by atoms with Gasteiger partial charge in [0, 0.05) is 18.6 Å². The molecule has 0 aliphatic rings. The number of hydrogen-bond donors (Lipinski definition) is 0. The van der Waals surface area contributed by atoms with Crippen LogP contribution < -0.4 is 0 Å². The SMILES string of the molecule is [CH2-]C(=O)Cl.[V]. The average Bonchev–Trinajstić information content (AvgIpc) is 0.811. The van der Waals surface area contributed by atoms with Crippen molar-refractivity contribution in [3.05, 3.63) is 6.92 Å². The van der Waals surface area contributed by atoms with Crippen LogP contribution in [0.4, 0.5) is 0 Å².